The van der Waals surface area contributed by atoms with Gasteiger partial charge in [-0.2, -0.15) is 4.37 Å². The normalized spacial score (nSPS) is 16.6. The Labute approximate surface area is 124 Å². The number of nitrogens with zero attached hydrogens (tertiary/aromatic N) is 3. The van der Waals surface area contributed by atoms with Crippen molar-refractivity contribution in [1.82, 2.24) is 9.36 Å². The third-order valence-electron chi connectivity index (χ3n) is 3.22. The van der Waals surface area contributed by atoms with E-state index in [9.17, 15) is 14.7 Å². The second-order valence-electron chi connectivity index (χ2n) is 4.63. The molecule has 108 valence electrons. The van der Waals surface area contributed by atoms with E-state index in [0.717, 1.165) is 17.1 Å². The van der Waals surface area contributed by atoms with Crippen LogP contribution in [-0.4, -0.2) is 32.5 Å². The fraction of sp³-hybridized carbons (Fsp3) is 0.231. The summed E-state index contributed by atoms with van der Waals surface area (Å²) in [6.45, 7) is 1.72. The number of hydrogen-bond donors (Lipinski definition) is 2. The van der Waals surface area contributed by atoms with E-state index < -0.39 is 18.0 Å². The lowest BCUT2D eigenvalue weighted by atomic mass is 10.1. The number of aromatic nitrogens is 2. The number of carboxylic acids is 1. The van der Waals surface area contributed by atoms with Gasteiger partial charge in [-0.3, -0.25) is 10.2 Å². The molecule has 0 saturated carbocycles. The fourth-order valence-electron chi connectivity index (χ4n) is 2.33. The van der Waals surface area contributed by atoms with Crippen LogP contribution in [0.15, 0.2) is 24.3 Å². The van der Waals surface area contributed by atoms with Crippen molar-refractivity contribution in [2.75, 3.05) is 10.2 Å². The minimum absolute atomic E-state index is 0.300. The van der Waals surface area contributed by atoms with Crippen molar-refractivity contribution in [3.05, 3.63) is 35.7 Å². The summed E-state index contributed by atoms with van der Waals surface area (Å²) in [6.07, 6.45) is 0.300. The van der Waals surface area contributed by atoms with E-state index in [1.165, 1.54) is 4.90 Å². The largest absolute Gasteiger partial charge is 0.480 e. The zero-order valence-corrected chi connectivity index (χ0v) is 11.9. The molecule has 1 aromatic heterocycles. The lowest BCUT2D eigenvalue weighted by Crippen LogP contribution is -2.45. The molecule has 0 spiro atoms. The minimum Gasteiger partial charge on any atom is -0.480 e. The van der Waals surface area contributed by atoms with Crippen molar-refractivity contribution in [2.24, 2.45) is 0 Å². The number of carboxylic acid groups (broad SMARTS) is 1. The van der Waals surface area contributed by atoms with Gasteiger partial charge in [-0.1, -0.05) is 18.2 Å². The summed E-state index contributed by atoms with van der Waals surface area (Å²) in [5, 5.41) is 12.3. The van der Waals surface area contributed by atoms with Crippen LogP contribution in [0, 0.1) is 6.92 Å². The average molecular weight is 304 g/mol. The maximum absolute atomic E-state index is 12.4. The SMILES string of the molecule is Cc1nsc(NC(=O)N2c3ccccc3CC2C(=O)O)n1. The van der Waals surface area contributed by atoms with Crippen molar-refractivity contribution < 1.29 is 14.7 Å². The zero-order valence-electron chi connectivity index (χ0n) is 11.1. The number of rotatable bonds is 2. The molecule has 1 aliphatic rings. The number of aryl methyl sites for hydroxylation is 1. The van der Waals surface area contributed by atoms with E-state index >= 15 is 0 Å². The van der Waals surface area contributed by atoms with Gasteiger partial charge in [0.2, 0.25) is 5.13 Å². The molecule has 0 bridgehead atoms. The van der Waals surface area contributed by atoms with Gasteiger partial charge < -0.3 is 5.11 Å². The second kappa shape index (κ2) is 5.13. The number of carbonyl (C=O) groups excluding carboxylic acids is 1. The van der Waals surface area contributed by atoms with Gasteiger partial charge in [0, 0.05) is 23.6 Å². The number of amides is 2. The molecule has 2 N–H and O–H groups in total. The summed E-state index contributed by atoms with van der Waals surface area (Å²) in [6, 6.07) is 5.75. The number of aliphatic carboxylic acids is 1. The summed E-state index contributed by atoms with van der Waals surface area (Å²) in [7, 11) is 0. The molecular formula is C13H12N4O3S. The number of fused-ring (bicyclic) bond motifs is 1. The van der Waals surface area contributed by atoms with Crippen LogP contribution in [-0.2, 0) is 11.2 Å². The van der Waals surface area contributed by atoms with E-state index in [1.54, 1.807) is 19.1 Å². The van der Waals surface area contributed by atoms with Crippen molar-refractivity contribution in [3.8, 4) is 0 Å². The summed E-state index contributed by atoms with van der Waals surface area (Å²) in [5.74, 6) is -0.471. The van der Waals surface area contributed by atoms with E-state index in [2.05, 4.69) is 14.7 Å². The number of benzene rings is 1. The van der Waals surface area contributed by atoms with E-state index in [-0.39, 0.29) is 0 Å². The van der Waals surface area contributed by atoms with E-state index in [0.29, 0.717) is 23.1 Å². The lowest BCUT2D eigenvalue weighted by Gasteiger charge is -2.22. The Balaban J connectivity index is 1.90. The lowest BCUT2D eigenvalue weighted by molar-refractivity contribution is -0.138. The Bertz CT molecular complexity index is 715. The Morgan fingerprint density at radius 3 is 2.86 bits per heavy atom. The monoisotopic (exact) mass is 304 g/mol. The van der Waals surface area contributed by atoms with Crippen LogP contribution >= 0.6 is 11.5 Å². The first kappa shape index (κ1) is 13.5. The number of anilines is 2. The molecule has 2 heterocycles. The quantitative estimate of drug-likeness (QED) is 0.883. The molecule has 1 unspecified atom stereocenters. The van der Waals surface area contributed by atoms with Gasteiger partial charge in [-0.15, -0.1) is 0 Å². The van der Waals surface area contributed by atoms with E-state index in [1.807, 2.05) is 12.1 Å². The number of carbonyl (C=O) groups is 2. The zero-order chi connectivity index (χ0) is 15.0. The minimum atomic E-state index is -1.03. The van der Waals surface area contributed by atoms with Crippen LogP contribution in [0.1, 0.15) is 11.4 Å². The van der Waals surface area contributed by atoms with Crippen LogP contribution in [0.4, 0.5) is 15.6 Å². The van der Waals surface area contributed by atoms with Gasteiger partial charge in [-0.25, -0.2) is 14.6 Å². The van der Waals surface area contributed by atoms with E-state index in [4.69, 9.17) is 0 Å². The Kier molecular flexibility index (Phi) is 3.30. The molecule has 0 aliphatic carbocycles. The smallest absolute Gasteiger partial charge is 0.328 e. The average Bonchev–Trinajstić information content (AvgIpc) is 3.02. The maximum Gasteiger partial charge on any atom is 0.328 e. The highest BCUT2D eigenvalue weighted by atomic mass is 32.1. The highest BCUT2D eigenvalue weighted by Gasteiger charge is 2.38. The van der Waals surface area contributed by atoms with Gasteiger partial charge >= 0.3 is 12.0 Å². The highest BCUT2D eigenvalue weighted by molar-refractivity contribution is 7.09. The third kappa shape index (κ3) is 2.45. The summed E-state index contributed by atoms with van der Waals surface area (Å²) in [4.78, 5) is 29.1. The maximum atomic E-state index is 12.4. The Morgan fingerprint density at radius 2 is 2.19 bits per heavy atom. The number of nitrogens with one attached hydrogen (secondary N) is 1. The first-order valence-electron chi connectivity index (χ1n) is 6.27. The van der Waals surface area contributed by atoms with Crippen LogP contribution < -0.4 is 10.2 Å². The molecule has 2 aromatic rings. The second-order valence-corrected chi connectivity index (χ2v) is 5.39. The molecule has 0 saturated heterocycles. The Hall–Kier alpha value is -2.48. The van der Waals surface area contributed by atoms with Gasteiger partial charge in [-0.05, 0) is 18.6 Å². The van der Waals surface area contributed by atoms with Crippen LogP contribution in [0.5, 0.6) is 0 Å². The van der Waals surface area contributed by atoms with Gasteiger partial charge in [0.25, 0.3) is 0 Å². The highest BCUT2D eigenvalue weighted by Crippen LogP contribution is 2.32. The summed E-state index contributed by atoms with van der Waals surface area (Å²) >= 11 is 1.06. The Morgan fingerprint density at radius 1 is 1.43 bits per heavy atom. The molecule has 7 nitrogen and oxygen atoms in total. The number of urea groups is 1. The fourth-order valence-corrected chi connectivity index (χ4v) is 2.90. The molecule has 0 radical (unpaired) electrons. The summed E-state index contributed by atoms with van der Waals surface area (Å²) < 4.78 is 3.98. The first-order chi connectivity index (χ1) is 10.1. The van der Waals surface area contributed by atoms with Crippen LogP contribution in [0.3, 0.4) is 0 Å². The molecule has 3 rings (SSSR count). The molecule has 1 atom stereocenters. The van der Waals surface area contributed by atoms with Gasteiger partial charge in [0.1, 0.15) is 11.9 Å². The van der Waals surface area contributed by atoms with Crippen LogP contribution in [0.25, 0.3) is 0 Å². The predicted octanol–water partition coefficient (Wildman–Crippen LogP) is 1.89. The van der Waals surface area contributed by atoms with Gasteiger partial charge in [0.15, 0.2) is 0 Å². The van der Waals surface area contributed by atoms with Crippen molar-refractivity contribution in [2.45, 2.75) is 19.4 Å². The van der Waals surface area contributed by atoms with Crippen molar-refractivity contribution in [1.29, 1.82) is 0 Å². The first-order valence-corrected chi connectivity index (χ1v) is 7.05. The summed E-state index contributed by atoms with van der Waals surface area (Å²) in [5.41, 5.74) is 1.46. The molecule has 2 amide bonds. The molecular weight excluding hydrogens is 292 g/mol. The van der Waals surface area contributed by atoms with Crippen molar-refractivity contribution >= 4 is 34.4 Å². The van der Waals surface area contributed by atoms with Crippen LogP contribution in [0.2, 0.25) is 0 Å². The molecule has 21 heavy (non-hydrogen) atoms. The molecule has 0 fully saturated rings. The third-order valence-corrected chi connectivity index (χ3v) is 3.94. The molecule has 1 aromatic carbocycles. The molecule has 8 heteroatoms. The predicted molar refractivity (Wildman–Crippen MR) is 77.7 cm³/mol. The van der Waals surface area contributed by atoms with Gasteiger partial charge in [0.05, 0.1) is 0 Å². The standard InChI is InChI=1S/C13H12N4O3S/c1-7-14-12(21-16-7)15-13(20)17-9-5-3-2-4-8(9)6-10(17)11(18)19/h2-5,10H,6H2,1H3,(H,18,19)(H,14,15,16,20). The number of hydrogen-bond acceptors (Lipinski definition) is 5. The molecule has 1 aliphatic heterocycles. The number of para-hydroxylation sites is 1. The van der Waals surface area contributed by atoms with Crippen molar-refractivity contribution in [3.63, 3.8) is 0 Å². The topological polar surface area (TPSA) is 95.4 Å².